The summed E-state index contributed by atoms with van der Waals surface area (Å²) in [4.78, 5) is 24.0. The van der Waals surface area contributed by atoms with E-state index in [1.807, 2.05) is 0 Å². The Balaban J connectivity index is 2.19. The van der Waals surface area contributed by atoms with E-state index in [0.717, 1.165) is 6.07 Å². The number of benzene rings is 2. The first-order valence-corrected chi connectivity index (χ1v) is 7.52. The Morgan fingerprint density at radius 3 is 2.72 bits per heavy atom. The van der Waals surface area contributed by atoms with E-state index >= 15 is 0 Å². The second kappa shape index (κ2) is 6.56. The molecule has 25 heavy (non-hydrogen) atoms. The lowest BCUT2D eigenvalue weighted by Gasteiger charge is -2.13. The second-order valence-corrected chi connectivity index (χ2v) is 5.20. The number of carbonyl (C=O) groups excluding carboxylic acids is 1. The highest BCUT2D eigenvalue weighted by Crippen LogP contribution is 2.39. The number of phenolic OH excluding ortho intramolecular Hbond substituents is 2. The van der Waals surface area contributed by atoms with Gasteiger partial charge in [-0.3, -0.25) is 10.1 Å². The van der Waals surface area contributed by atoms with E-state index in [9.17, 15) is 19.8 Å². The van der Waals surface area contributed by atoms with Crippen molar-refractivity contribution in [3.63, 3.8) is 0 Å². The number of phenols is 2. The summed E-state index contributed by atoms with van der Waals surface area (Å²) in [6, 6.07) is 10.2. The number of hydrogen-bond donors (Lipinski definition) is 3. The molecule has 7 nitrogen and oxygen atoms in total. The van der Waals surface area contributed by atoms with E-state index in [2.05, 4.69) is 5.32 Å². The van der Waals surface area contributed by atoms with E-state index < -0.39 is 6.09 Å². The molecule has 3 N–H and O–H groups in total. The number of ether oxygens (including phenoxy) is 1. The fourth-order valence-corrected chi connectivity index (χ4v) is 2.47. The molecule has 0 unspecified atom stereocenters. The van der Waals surface area contributed by atoms with Gasteiger partial charge in [-0.15, -0.1) is 0 Å². The summed E-state index contributed by atoms with van der Waals surface area (Å²) >= 11 is 0. The first-order chi connectivity index (χ1) is 12.0. The van der Waals surface area contributed by atoms with Crippen LogP contribution in [0.2, 0.25) is 0 Å². The third-order valence-electron chi connectivity index (χ3n) is 3.50. The molecule has 7 heteroatoms. The van der Waals surface area contributed by atoms with Crippen LogP contribution in [0.5, 0.6) is 11.5 Å². The maximum Gasteiger partial charge on any atom is 0.411 e. The van der Waals surface area contributed by atoms with Gasteiger partial charge in [0.15, 0.2) is 5.43 Å². The van der Waals surface area contributed by atoms with Crippen molar-refractivity contribution in [2.75, 3.05) is 11.9 Å². The molecule has 1 amide bonds. The second-order valence-electron chi connectivity index (χ2n) is 5.20. The maximum absolute atomic E-state index is 12.3. The minimum Gasteiger partial charge on any atom is -0.508 e. The van der Waals surface area contributed by atoms with Crippen LogP contribution in [0.3, 0.4) is 0 Å². The average molecular weight is 341 g/mol. The lowest BCUT2D eigenvalue weighted by Crippen LogP contribution is -2.14. The minimum atomic E-state index is -0.767. The normalized spacial score (nSPS) is 10.6. The molecule has 0 bridgehead atoms. The van der Waals surface area contributed by atoms with Crippen molar-refractivity contribution in [2.24, 2.45) is 0 Å². The number of para-hydroxylation sites is 1. The molecule has 1 aromatic heterocycles. The predicted molar refractivity (Wildman–Crippen MR) is 91.9 cm³/mol. The molecule has 1 heterocycles. The van der Waals surface area contributed by atoms with Crippen molar-refractivity contribution in [1.29, 1.82) is 0 Å². The Bertz CT molecular complexity index is 1010. The highest BCUT2D eigenvalue weighted by Gasteiger charge is 2.18. The third kappa shape index (κ3) is 3.25. The third-order valence-corrected chi connectivity index (χ3v) is 3.50. The standard InChI is InChI=1S/C18H15NO6/c1-2-24-18(23)19-12-7-10(20)8-14(22)17(12)16-9-13(21)11-5-3-4-6-15(11)25-16/h3-9,20,22H,2H2,1H3,(H,19,23). The summed E-state index contributed by atoms with van der Waals surface area (Å²) in [6.07, 6.45) is -0.767. The Morgan fingerprint density at radius 2 is 1.96 bits per heavy atom. The first-order valence-electron chi connectivity index (χ1n) is 7.52. The molecule has 0 spiro atoms. The van der Waals surface area contributed by atoms with Gasteiger partial charge in [0.2, 0.25) is 0 Å². The number of anilines is 1. The lowest BCUT2D eigenvalue weighted by molar-refractivity contribution is 0.168. The SMILES string of the molecule is CCOC(=O)Nc1cc(O)cc(O)c1-c1cc(=O)c2ccccc2o1. The Labute approximate surface area is 142 Å². The molecule has 0 radical (unpaired) electrons. The summed E-state index contributed by atoms with van der Waals surface area (Å²) in [5, 5.41) is 22.7. The van der Waals surface area contributed by atoms with Crippen LogP contribution < -0.4 is 10.7 Å². The monoisotopic (exact) mass is 341 g/mol. The van der Waals surface area contributed by atoms with Gasteiger partial charge >= 0.3 is 6.09 Å². The zero-order valence-corrected chi connectivity index (χ0v) is 13.3. The van der Waals surface area contributed by atoms with Crippen molar-refractivity contribution in [3.05, 3.63) is 52.7 Å². The molecular weight excluding hydrogens is 326 g/mol. The van der Waals surface area contributed by atoms with E-state index in [4.69, 9.17) is 9.15 Å². The Morgan fingerprint density at radius 1 is 1.20 bits per heavy atom. The summed E-state index contributed by atoms with van der Waals surface area (Å²) in [5.41, 5.74) is 0.147. The van der Waals surface area contributed by atoms with Crippen LogP contribution in [0.15, 0.2) is 51.7 Å². The number of carbonyl (C=O) groups is 1. The number of aromatic hydroxyl groups is 2. The van der Waals surface area contributed by atoms with Gasteiger partial charge in [0.25, 0.3) is 0 Å². The molecule has 0 saturated carbocycles. The predicted octanol–water partition coefficient (Wildman–Crippen LogP) is 3.44. The minimum absolute atomic E-state index is 0.0491. The molecule has 3 aromatic rings. The van der Waals surface area contributed by atoms with Crippen molar-refractivity contribution >= 4 is 22.7 Å². The van der Waals surface area contributed by atoms with Crippen LogP contribution in [0.25, 0.3) is 22.3 Å². The van der Waals surface area contributed by atoms with Gasteiger partial charge in [-0.1, -0.05) is 12.1 Å². The van der Waals surface area contributed by atoms with E-state index in [-0.39, 0.29) is 40.5 Å². The van der Waals surface area contributed by atoms with Gasteiger partial charge < -0.3 is 19.4 Å². The highest BCUT2D eigenvalue weighted by molar-refractivity contribution is 5.94. The van der Waals surface area contributed by atoms with Gasteiger partial charge in [-0.25, -0.2) is 4.79 Å². The Hall–Kier alpha value is -3.48. The zero-order chi connectivity index (χ0) is 18.0. The van der Waals surface area contributed by atoms with Crippen LogP contribution in [-0.4, -0.2) is 22.9 Å². The molecule has 0 aliphatic rings. The summed E-state index contributed by atoms with van der Waals surface area (Å²) in [7, 11) is 0. The van der Waals surface area contributed by atoms with Crippen molar-refractivity contribution in [1.82, 2.24) is 0 Å². The quantitative estimate of drug-likeness (QED) is 0.673. The van der Waals surface area contributed by atoms with Crippen LogP contribution in [-0.2, 0) is 4.74 Å². The molecule has 3 rings (SSSR count). The van der Waals surface area contributed by atoms with Gasteiger partial charge in [-0.2, -0.15) is 0 Å². The Kier molecular flexibility index (Phi) is 4.30. The van der Waals surface area contributed by atoms with Crippen molar-refractivity contribution in [2.45, 2.75) is 6.92 Å². The van der Waals surface area contributed by atoms with Crippen LogP contribution in [0.4, 0.5) is 10.5 Å². The summed E-state index contributed by atoms with van der Waals surface area (Å²) in [6.45, 7) is 1.79. The van der Waals surface area contributed by atoms with Gasteiger partial charge in [0.1, 0.15) is 22.8 Å². The van der Waals surface area contributed by atoms with E-state index in [1.54, 1.807) is 31.2 Å². The molecule has 2 aromatic carbocycles. The zero-order valence-electron chi connectivity index (χ0n) is 13.3. The van der Waals surface area contributed by atoms with Gasteiger partial charge in [0.05, 0.1) is 23.2 Å². The number of hydrogen-bond acceptors (Lipinski definition) is 6. The summed E-state index contributed by atoms with van der Waals surface area (Å²) < 4.78 is 10.5. The molecule has 0 saturated heterocycles. The first kappa shape index (κ1) is 16.4. The van der Waals surface area contributed by atoms with Gasteiger partial charge in [-0.05, 0) is 19.1 Å². The van der Waals surface area contributed by atoms with Crippen LogP contribution in [0.1, 0.15) is 6.92 Å². The van der Waals surface area contributed by atoms with Crippen LogP contribution >= 0.6 is 0 Å². The number of amides is 1. The fraction of sp³-hybridized carbons (Fsp3) is 0.111. The highest BCUT2D eigenvalue weighted by atomic mass is 16.5. The van der Waals surface area contributed by atoms with Crippen molar-refractivity contribution in [3.8, 4) is 22.8 Å². The molecular formula is C18H15NO6. The number of rotatable bonds is 3. The lowest BCUT2D eigenvalue weighted by atomic mass is 10.1. The largest absolute Gasteiger partial charge is 0.508 e. The molecule has 0 aliphatic carbocycles. The van der Waals surface area contributed by atoms with Crippen LogP contribution in [0, 0.1) is 0 Å². The topological polar surface area (TPSA) is 109 Å². The molecule has 0 atom stereocenters. The maximum atomic E-state index is 12.3. The number of nitrogens with one attached hydrogen (secondary N) is 1. The summed E-state index contributed by atoms with van der Waals surface area (Å²) in [5.74, 6) is -0.575. The van der Waals surface area contributed by atoms with E-state index in [1.165, 1.54) is 12.1 Å². The molecule has 0 aliphatic heterocycles. The number of fused-ring (bicyclic) bond motifs is 1. The van der Waals surface area contributed by atoms with E-state index in [0.29, 0.717) is 11.0 Å². The smallest absolute Gasteiger partial charge is 0.411 e. The molecule has 0 fully saturated rings. The fourth-order valence-electron chi connectivity index (χ4n) is 2.47. The molecule has 128 valence electrons. The average Bonchev–Trinajstić information content (AvgIpc) is 2.54. The van der Waals surface area contributed by atoms with Crippen molar-refractivity contribution < 1.29 is 24.2 Å². The van der Waals surface area contributed by atoms with Gasteiger partial charge in [0, 0.05) is 18.2 Å².